The highest BCUT2D eigenvalue weighted by molar-refractivity contribution is 7.91. The predicted molar refractivity (Wildman–Crippen MR) is 92.1 cm³/mol. The van der Waals surface area contributed by atoms with Gasteiger partial charge in [0.2, 0.25) is 0 Å². The van der Waals surface area contributed by atoms with Gasteiger partial charge in [0.1, 0.15) is 11.3 Å². The number of fused-ring (bicyclic) bond motifs is 1. The van der Waals surface area contributed by atoms with Crippen molar-refractivity contribution in [2.24, 2.45) is 0 Å². The number of nitrogens with one attached hydrogen (secondary N) is 1. The van der Waals surface area contributed by atoms with Gasteiger partial charge in [0.15, 0.2) is 16.4 Å². The number of halogens is 1. The number of pyridine rings is 1. The molecule has 8 heteroatoms. The molecular formula is C16H17ClN2O4S. The van der Waals surface area contributed by atoms with Crippen LogP contribution >= 0.6 is 11.6 Å². The zero-order valence-corrected chi connectivity index (χ0v) is 14.7. The number of carbonyl (C=O) groups is 1. The minimum atomic E-state index is -3.08. The molecule has 0 bridgehead atoms. The second-order valence-corrected chi connectivity index (χ2v) is 8.78. The summed E-state index contributed by atoms with van der Waals surface area (Å²) in [7, 11) is -3.08. The molecule has 1 atom stereocenters. The molecule has 6 nitrogen and oxygen atoms in total. The molecule has 1 aliphatic rings. The molecule has 1 amide bonds. The van der Waals surface area contributed by atoms with Crippen LogP contribution in [0.4, 0.5) is 0 Å². The summed E-state index contributed by atoms with van der Waals surface area (Å²) in [6.45, 7) is 1.51. The normalized spacial score (nSPS) is 22.4. The molecule has 2 heterocycles. The van der Waals surface area contributed by atoms with E-state index in [2.05, 4.69) is 10.3 Å². The number of aromatic nitrogens is 1. The lowest BCUT2D eigenvalue weighted by molar-refractivity contribution is -0.124. The van der Waals surface area contributed by atoms with Crippen LogP contribution in [0.1, 0.15) is 13.3 Å². The van der Waals surface area contributed by atoms with E-state index in [1.54, 1.807) is 31.3 Å². The van der Waals surface area contributed by atoms with Gasteiger partial charge in [-0.3, -0.25) is 9.78 Å². The molecule has 2 aromatic rings. The molecule has 3 rings (SSSR count). The molecule has 128 valence electrons. The monoisotopic (exact) mass is 368 g/mol. The number of carbonyl (C=O) groups excluding carboxylic acids is 1. The minimum absolute atomic E-state index is 0.0445. The topological polar surface area (TPSA) is 85.4 Å². The van der Waals surface area contributed by atoms with E-state index in [0.717, 1.165) is 5.39 Å². The summed E-state index contributed by atoms with van der Waals surface area (Å²) in [4.78, 5) is 16.3. The van der Waals surface area contributed by atoms with Crippen LogP contribution in [0.3, 0.4) is 0 Å². The summed E-state index contributed by atoms with van der Waals surface area (Å²) in [6, 6.07) is 6.93. The smallest absolute Gasteiger partial charge is 0.258 e. The number of sulfone groups is 1. The van der Waals surface area contributed by atoms with E-state index in [1.165, 1.54) is 0 Å². The van der Waals surface area contributed by atoms with Gasteiger partial charge in [0, 0.05) is 11.6 Å². The predicted octanol–water partition coefficient (Wildman–Crippen LogP) is 1.96. The third-order valence-electron chi connectivity index (χ3n) is 3.98. The number of amides is 1. The molecule has 1 N–H and O–H groups in total. The van der Waals surface area contributed by atoms with Crippen molar-refractivity contribution in [1.82, 2.24) is 10.3 Å². The molecule has 1 unspecified atom stereocenters. The molecule has 1 aliphatic heterocycles. The van der Waals surface area contributed by atoms with Crippen LogP contribution in [0.2, 0.25) is 5.02 Å². The maximum absolute atomic E-state index is 12.1. The lowest BCUT2D eigenvalue weighted by Crippen LogP contribution is -2.48. The molecule has 24 heavy (non-hydrogen) atoms. The standard InChI is InChI=1S/C16H17ClN2O4S/c1-16(6-8-24(21,22)10-16)19-14(20)9-23-13-5-4-12(17)11-3-2-7-18-15(11)13/h2-5,7H,6,8-10H2,1H3,(H,19,20). The summed E-state index contributed by atoms with van der Waals surface area (Å²) in [5.74, 6) is 0.135. The van der Waals surface area contributed by atoms with Crippen molar-refractivity contribution in [2.75, 3.05) is 18.1 Å². The fourth-order valence-corrected chi connectivity index (χ4v) is 5.16. The molecule has 1 aromatic heterocycles. The molecule has 0 aliphatic carbocycles. The van der Waals surface area contributed by atoms with Crippen LogP contribution in [0.5, 0.6) is 5.75 Å². The van der Waals surface area contributed by atoms with E-state index < -0.39 is 15.4 Å². The highest BCUT2D eigenvalue weighted by Crippen LogP contribution is 2.29. The maximum atomic E-state index is 12.1. The first-order valence-electron chi connectivity index (χ1n) is 7.46. The largest absolute Gasteiger partial charge is 0.481 e. The van der Waals surface area contributed by atoms with E-state index in [4.69, 9.17) is 16.3 Å². The Morgan fingerprint density at radius 3 is 2.92 bits per heavy atom. The fraction of sp³-hybridized carbons (Fsp3) is 0.375. The van der Waals surface area contributed by atoms with E-state index >= 15 is 0 Å². The summed E-state index contributed by atoms with van der Waals surface area (Å²) < 4.78 is 28.7. The molecule has 0 spiro atoms. The number of rotatable bonds is 4. The van der Waals surface area contributed by atoms with E-state index in [9.17, 15) is 13.2 Å². The average Bonchev–Trinajstić information content (AvgIpc) is 2.80. The summed E-state index contributed by atoms with van der Waals surface area (Å²) >= 11 is 6.12. The van der Waals surface area contributed by atoms with E-state index in [1.807, 2.05) is 6.07 Å². The first-order chi connectivity index (χ1) is 11.3. The third kappa shape index (κ3) is 3.62. The number of nitrogens with zero attached hydrogens (tertiary/aromatic N) is 1. The zero-order valence-electron chi connectivity index (χ0n) is 13.1. The number of hydrogen-bond donors (Lipinski definition) is 1. The Balaban J connectivity index is 1.68. The van der Waals surface area contributed by atoms with Gasteiger partial charge in [0.25, 0.3) is 5.91 Å². The summed E-state index contributed by atoms with van der Waals surface area (Å²) in [6.07, 6.45) is 2.03. The Labute approximate surface area is 145 Å². The molecule has 1 saturated heterocycles. The van der Waals surface area contributed by atoms with Crippen LogP contribution in [-0.4, -0.2) is 43.0 Å². The molecule has 1 aromatic carbocycles. The highest BCUT2D eigenvalue weighted by Gasteiger charge is 2.39. The SMILES string of the molecule is CC1(NC(=O)COc2ccc(Cl)c3cccnc23)CCS(=O)(=O)C1. The van der Waals surface area contributed by atoms with Crippen molar-refractivity contribution in [3.8, 4) is 5.75 Å². The summed E-state index contributed by atoms with van der Waals surface area (Å²) in [5.41, 5.74) is -0.160. The zero-order chi connectivity index (χ0) is 17.4. The van der Waals surface area contributed by atoms with Gasteiger partial charge in [-0.15, -0.1) is 0 Å². The number of hydrogen-bond acceptors (Lipinski definition) is 5. The Morgan fingerprint density at radius 2 is 2.21 bits per heavy atom. The first-order valence-corrected chi connectivity index (χ1v) is 9.65. The van der Waals surface area contributed by atoms with Crippen molar-refractivity contribution >= 4 is 38.2 Å². The van der Waals surface area contributed by atoms with Gasteiger partial charge < -0.3 is 10.1 Å². The second kappa shape index (κ2) is 6.22. The maximum Gasteiger partial charge on any atom is 0.258 e. The van der Waals surface area contributed by atoms with Crippen molar-refractivity contribution in [3.63, 3.8) is 0 Å². The molecule has 0 radical (unpaired) electrons. The highest BCUT2D eigenvalue weighted by atomic mass is 35.5. The lowest BCUT2D eigenvalue weighted by atomic mass is 10.0. The fourth-order valence-electron chi connectivity index (χ4n) is 2.85. The van der Waals surface area contributed by atoms with Crippen LogP contribution in [0.15, 0.2) is 30.5 Å². The third-order valence-corrected chi connectivity index (χ3v) is 6.22. The van der Waals surface area contributed by atoms with Crippen LogP contribution in [0, 0.1) is 0 Å². The average molecular weight is 369 g/mol. The number of benzene rings is 1. The summed E-state index contributed by atoms with van der Waals surface area (Å²) in [5, 5.41) is 4.05. The van der Waals surface area contributed by atoms with Crippen molar-refractivity contribution < 1.29 is 17.9 Å². The van der Waals surface area contributed by atoms with Crippen molar-refractivity contribution in [1.29, 1.82) is 0 Å². The van der Waals surface area contributed by atoms with E-state index in [-0.39, 0.29) is 24.0 Å². The van der Waals surface area contributed by atoms with Gasteiger partial charge in [-0.2, -0.15) is 0 Å². The van der Waals surface area contributed by atoms with Crippen molar-refractivity contribution in [2.45, 2.75) is 18.9 Å². The van der Waals surface area contributed by atoms with Gasteiger partial charge in [0.05, 0.1) is 22.1 Å². The molecular weight excluding hydrogens is 352 g/mol. The Bertz CT molecular complexity index is 900. The quantitative estimate of drug-likeness (QED) is 0.891. The van der Waals surface area contributed by atoms with Gasteiger partial charge >= 0.3 is 0 Å². The van der Waals surface area contributed by atoms with Crippen LogP contribution in [-0.2, 0) is 14.6 Å². The Kier molecular flexibility index (Phi) is 4.40. The lowest BCUT2D eigenvalue weighted by Gasteiger charge is -2.23. The minimum Gasteiger partial charge on any atom is -0.481 e. The molecule has 1 fully saturated rings. The van der Waals surface area contributed by atoms with Crippen molar-refractivity contribution in [3.05, 3.63) is 35.5 Å². The van der Waals surface area contributed by atoms with Crippen LogP contribution in [0.25, 0.3) is 10.9 Å². The first kappa shape index (κ1) is 17.0. The second-order valence-electron chi connectivity index (χ2n) is 6.18. The number of ether oxygens (including phenoxy) is 1. The van der Waals surface area contributed by atoms with E-state index in [0.29, 0.717) is 22.7 Å². The Hall–Kier alpha value is -1.86. The van der Waals surface area contributed by atoms with Gasteiger partial charge in [-0.05, 0) is 37.6 Å². The molecule has 0 saturated carbocycles. The van der Waals surface area contributed by atoms with Crippen LogP contribution < -0.4 is 10.1 Å². The Morgan fingerprint density at radius 1 is 1.42 bits per heavy atom. The van der Waals surface area contributed by atoms with Gasteiger partial charge in [-0.1, -0.05) is 11.6 Å². The van der Waals surface area contributed by atoms with Gasteiger partial charge in [-0.25, -0.2) is 8.42 Å².